The second-order valence-corrected chi connectivity index (χ2v) is 9.53. The molecule has 4 heterocycles. The van der Waals surface area contributed by atoms with Crippen LogP contribution in [0.3, 0.4) is 0 Å². The van der Waals surface area contributed by atoms with E-state index in [-0.39, 0.29) is 6.61 Å². The van der Waals surface area contributed by atoms with E-state index in [0.29, 0.717) is 11.8 Å². The Kier molecular flexibility index (Phi) is 6.74. The Bertz CT molecular complexity index is 1260. The molecule has 3 aromatic heterocycles. The minimum Gasteiger partial charge on any atom is -0.395 e. The van der Waals surface area contributed by atoms with Gasteiger partial charge in [0.15, 0.2) is 5.65 Å². The van der Waals surface area contributed by atoms with Crippen LogP contribution in [0.25, 0.3) is 16.9 Å². The number of nitrogens with zero attached hydrogens (tertiary/aromatic N) is 7. The lowest BCUT2D eigenvalue weighted by atomic mass is 9.96. The third-order valence-corrected chi connectivity index (χ3v) is 6.90. The molecule has 8 nitrogen and oxygen atoms in total. The number of fused-ring (bicyclic) bond motifs is 1. The fraction of sp³-hybridized carbons (Fsp3) is 0.407. The summed E-state index contributed by atoms with van der Waals surface area (Å²) in [4.78, 5) is 18.9. The van der Waals surface area contributed by atoms with Crippen molar-refractivity contribution in [1.82, 2.24) is 29.5 Å². The normalized spacial score (nSPS) is 15.2. The summed E-state index contributed by atoms with van der Waals surface area (Å²) in [6.07, 6.45) is 5.71. The Labute approximate surface area is 206 Å². The van der Waals surface area contributed by atoms with Crippen molar-refractivity contribution in [1.29, 1.82) is 0 Å². The van der Waals surface area contributed by atoms with Gasteiger partial charge in [-0.3, -0.25) is 4.98 Å². The van der Waals surface area contributed by atoms with E-state index in [1.54, 1.807) is 0 Å². The summed E-state index contributed by atoms with van der Waals surface area (Å²) in [6, 6.07) is 14.3. The lowest BCUT2D eigenvalue weighted by Crippen LogP contribution is -2.35. The zero-order valence-corrected chi connectivity index (χ0v) is 20.7. The van der Waals surface area contributed by atoms with E-state index in [9.17, 15) is 5.11 Å². The summed E-state index contributed by atoms with van der Waals surface area (Å²) in [5.41, 5.74) is 5.07. The molecule has 5 rings (SSSR count). The SMILES string of the molecule is CC(C)c1cnn2c(N(C)c3ccc(-c4ccccn4)cc3)nc(C3CCN(CCO)CC3)nc12. The van der Waals surface area contributed by atoms with E-state index in [2.05, 4.69) is 58.0 Å². The highest BCUT2D eigenvalue weighted by Gasteiger charge is 2.26. The standard InChI is InChI=1S/C27H33N7O/c1-19(2)23-18-29-34-26(23)30-25(21-11-14-33(15-12-21)16-17-35)31-27(34)32(3)22-9-7-20(8-10-22)24-6-4-5-13-28-24/h4-10,13,18-19,21,35H,11-12,14-17H2,1-3H3. The molecule has 0 unspecified atom stereocenters. The first-order chi connectivity index (χ1) is 17.0. The minimum atomic E-state index is 0.203. The molecule has 8 heteroatoms. The second-order valence-electron chi connectivity index (χ2n) is 9.53. The van der Waals surface area contributed by atoms with Crippen LogP contribution in [0.2, 0.25) is 0 Å². The topological polar surface area (TPSA) is 82.7 Å². The van der Waals surface area contributed by atoms with Crippen molar-refractivity contribution in [2.75, 3.05) is 38.2 Å². The van der Waals surface area contributed by atoms with E-state index in [1.807, 2.05) is 42.2 Å². The highest BCUT2D eigenvalue weighted by atomic mass is 16.3. The van der Waals surface area contributed by atoms with Gasteiger partial charge in [-0.2, -0.15) is 14.6 Å². The molecule has 4 aromatic rings. The highest BCUT2D eigenvalue weighted by Crippen LogP contribution is 2.31. The summed E-state index contributed by atoms with van der Waals surface area (Å²) in [6.45, 7) is 7.19. The van der Waals surface area contributed by atoms with Crippen molar-refractivity contribution in [3.63, 3.8) is 0 Å². The first-order valence-electron chi connectivity index (χ1n) is 12.4. The number of aliphatic hydroxyl groups excluding tert-OH is 1. The molecule has 0 bridgehead atoms. The van der Waals surface area contributed by atoms with Gasteiger partial charge in [0, 0.05) is 42.5 Å². The van der Waals surface area contributed by atoms with E-state index >= 15 is 0 Å². The third kappa shape index (κ3) is 4.76. The summed E-state index contributed by atoms with van der Waals surface area (Å²) >= 11 is 0. The molecule has 1 N–H and O–H groups in total. The van der Waals surface area contributed by atoms with Gasteiger partial charge in [0.2, 0.25) is 5.95 Å². The Morgan fingerprint density at radius 2 is 1.83 bits per heavy atom. The Hall–Kier alpha value is -3.36. The zero-order valence-electron chi connectivity index (χ0n) is 20.7. The number of hydrogen-bond donors (Lipinski definition) is 1. The molecule has 0 amide bonds. The highest BCUT2D eigenvalue weighted by molar-refractivity contribution is 5.66. The average Bonchev–Trinajstić information content (AvgIpc) is 3.33. The van der Waals surface area contributed by atoms with Crippen LogP contribution < -0.4 is 4.90 Å². The Morgan fingerprint density at radius 1 is 1.06 bits per heavy atom. The van der Waals surface area contributed by atoms with Crippen LogP contribution in [0.4, 0.5) is 11.6 Å². The number of benzene rings is 1. The molecule has 1 fully saturated rings. The number of rotatable bonds is 7. The van der Waals surface area contributed by atoms with Crippen LogP contribution in [-0.2, 0) is 0 Å². The first kappa shape index (κ1) is 23.4. The molecule has 1 aromatic carbocycles. The van der Waals surface area contributed by atoms with Crippen LogP contribution in [0.15, 0.2) is 54.9 Å². The molecule has 1 aliphatic rings. The van der Waals surface area contributed by atoms with Gasteiger partial charge in [-0.25, -0.2) is 4.98 Å². The fourth-order valence-corrected chi connectivity index (χ4v) is 4.76. The van der Waals surface area contributed by atoms with Gasteiger partial charge in [-0.15, -0.1) is 0 Å². The third-order valence-electron chi connectivity index (χ3n) is 6.90. The largest absolute Gasteiger partial charge is 0.395 e. The number of aromatic nitrogens is 5. The molecule has 35 heavy (non-hydrogen) atoms. The number of hydrogen-bond acceptors (Lipinski definition) is 7. The van der Waals surface area contributed by atoms with E-state index in [4.69, 9.17) is 9.97 Å². The van der Waals surface area contributed by atoms with Gasteiger partial charge >= 0.3 is 0 Å². The monoisotopic (exact) mass is 471 g/mol. The maximum Gasteiger partial charge on any atom is 0.234 e. The number of piperidine rings is 1. The summed E-state index contributed by atoms with van der Waals surface area (Å²) in [7, 11) is 2.03. The first-order valence-corrected chi connectivity index (χ1v) is 12.4. The predicted octanol–water partition coefficient (Wildman–Crippen LogP) is 4.25. The smallest absolute Gasteiger partial charge is 0.234 e. The van der Waals surface area contributed by atoms with Crippen LogP contribution >= 0.6 is 0 Å². The van der Waals surface area contributed by atoms with Crippen LogP contribution in [0.5, 0.6) is 0 Å². The molecule has 0 atom stereocenters. The average molecular weight is 472 g/mol. The van der Waals surface area contributed by atoms with Gasteiger partial charge < -0.3 is 14.9 Å². The van der Waals surface area contributed by atoms with Gasteiger partial charge in [0.1, 0.15) is 5.82 Å². The number of likely N-dealkylation sites (tertiary alicyclic amines) is 1. The zero-order chi connectivity index (χ0) is 24.4. The van der Waals surface area contributed by atoms with E-state index in [1.165, 1.54) is 0 Å². The predicted molar refractivity (Wildman–Crippen MR) is 138 cm³/mol. The molecule has 0 spiro atoms. The molecular weight excluding hydrogens is 438 g/mol. The van der Waals surface area contributed by atoms with Crippen LogP contribution in [0.1, 0.15) is 49.9 Å². The molecular formula is C27H33N7O. The molecule has 1 aliphatic heterocycles. The Balaban J connectivity index is 1.50. The van der Waals surface area contributed by atoms with Crippen LogP contribution in [0, 0.1) is 0 Å². The van der Waals surface area contributed by atoms with Crippen molar-refractivity contribution < 1.29 is 5.11 Å². The fourth-order valence-electron chi connectivity index (χ4n) is 4.76. The molecule has 0 aliphatic carbocycles. The van der Waals surface area contributed by atoms with Crippen molar-refractivity contribution in [2.45, 2.75) is 38.5 Å². The quantitative estimate of drug-likeness (QED) is 0.431. The van der Waals surface area contributed by atoms with Gasteiger partial charge in [0.25, 0.3) is 0 Å². The number of pyridine rings is 1. The lowest BCUT2D eigenvalue weighted by Gasteiger charge is -2.31. The van der Waals surface area contributed by atoms with Gasteiger partial charge in [-0.1, -0.05) is 32.0 Å². The minimum absolute atomic E-state index is 0.203. The van der Waals surface area contributed by atoms with Crippen molar-refractivity contribution in [3.05, 3.63) is 66.2 Å². The van der Waals surface area contributed by atoms with Gasteiger partial charge in [-0.05, 0) is 56.1 Å². The number of β-amino-alcohol motifs (C(OH)–C–C–N with tert-alkyl or cyclic N) is 1. The van der Waals surface area contributed by atoms with Gasteiger partial charge in [0.05, 0.1) is 18.5 Å². The number of aliphatic hydroxyl groups is 1. The van der Waals surface area contributed by atoms with E-state index < -0.39 is 0 Å². The van der Waals surface area contributed by atoms with Crippen molar-refractivity contribution >= 4 is 17.3 Å². The lowest BCUT2D eigenvalue weighted by molar-refractivity contribution is 0.163. The summed E-state index contributed by atoms with van der Waals surface area (Å²) < 4.78 is 1.87. The summed E-state index contributed by atoms with van der Waals surface area (Å²) in [5.74, 6) is 2.26. The van der Waals surface area contributed by atoms with Crippen molar-refractivity contribution in [3.8, 4) is 11.3 Å². The van der Waals surface area contributed by atoms with Crippen molar-refractivity contribution in [2.24, 2.45) is 0 Å². The molecule has 182 valence electrons. The maximum absolute atomic E-state index is 9.28. The number of anilines is 2. The molecule has 0 saturated carbocycles. The summed E-state index contributed by atoms with van der Waals surface area (Å²) in [5, 5.41) is 14.0. The molecule has 1 saturated heterocycles. The maximum atomic E-state index is 9.28. The van der Waals surface area contributed by atoms with E-state index in [0.717, 1.165) is 72.4 Å². The van der Waals surface area contributed by atoms with Crippen LogP contribution in [-0.4, -0.2) is 67.9 Å². The second kappa shape index (κ2) is 10.1. The molecule has 0 radical (unpaired) electrons. The Morgan fingerprint density at radius 3 is 2.49 bits per heavy atom.